The Bertz CT molecular complexity index is 364. The number of Topliss-reactive ketones (excluding diaryl/α,β-unsaturated/α-hetero) is 1. The van der Waals surface area contributed by atoms with Crippen LogP contribution in [0, 0.1) is 0 Å². The fourth-order valence-corrected chi connectivity index (χ4v) is 1.88. The van der Waals surface area contributed by atoms with Crippen molar-refractivity contribution >= 4 is 5.78 Å². The first-order chi connectivity index (χ1) is 7.15. The van der Waals surface area contributed by atoms with Crippen molar-refractivity contribution in [1.29, 1.82) is 0 Å². The van der Waals surface area contributed by atoms with Crippen LogP contribution < -0.4 is 0 Å². The first-order valence-electron chi connectivity index (χ1n) is 5.36. The van der Waals surface area contributed by atoms with Crippen LogP contribution in [0.5, 0.6) is 0 Å². The maximum atomic E-state index is 12.1. The molecule has 1 saturated heterocycles. The van der Waals surface area contributed by atoms with Crippen LogP contribution in [0.2, 0.25) is 0 Å². The van der Waals surface area contributed by atoms with Gasteiger partial charge in [0.05, 0.1) is 6.33 Å². The molecule has 2 rings (SSSR count). The SMILES string of the molecule is CCn1cnc(C(=O)C2(C)CCCO2)c1. The first kappa shape index (κ1) is 10.4. The minimum absolute atomic E-state index is 0.00667. The van der Waals surface area contributed by atoms with Crippen molar-refractivity contribution in [2.45, 2.75) is 38.8 Å². The Labute approximate surface area is 89.3 Å². The Kier molecular flexibility index (Phi) is 2.61. The molecular weight excluding hydrogens is 192 g/mol. The molecule has 0 spiro atoms. The molecule has 0 aromatic carbocycles. The number of nitrogens with zero attached hydrogens (tertiary/aromatic N) is 2. The molecule has 1 fully saturated rings. The second-order valence-electron chi connectivity index (χ2n) is 4.10. The highest BCUT2D eigenvalue weighted by Gasteiger charge is 2.39. The lowest BCUT2D eigenvalue weighted by Crippen LogP contribution is -2.34. The minimum atomic E-state index is -0.646. The molecule has 1 aliphatic rings. The lowest BCUT2D eigenvalue weighted by molar-refractivity contribution is 0.0209. The number of ketones is 1. The van der Waals surface area contributed by atoms with E-state index >= 15 is 0 Å². The topological polar surface area (TPSA) is 44.1 Å². The van der Waals surface area contributed by atoms with Crippen LogP contribution in [0.1, 0.15) is 37.2 Å². The molecule has 1 aromatic rings. The van der Waals surface area contributed by atoms with E-state index in [1.54, 1.807) is 12.5 Å². The summed E-state index contributed by atoms with van der Waals surface area (Å²) in [5, 5.41) is 0. The second-order valence-corrected chi connectivity index (χ2v) is 4.10. The van der Waals surface area contributed by atoms with E-state index in [2.05, 4.69) is 4.98 Å². The van der Waals surface area contributed by atoms with E-state index in [0.717, 1.165) is 19.4 Å². The van der Waals surface area contributed by atoms with Gasteiger partial charge < -0.3 is 9.30 Å². The summed E-state index contributed by atoms with van der Waals surface area (Å²) in [6.45, 7) is 5.38. The third kappa shape index (κ3) is 1.81. The number of imidazole rings is 1. The predicted molar refractivity (Wildman–Crippen MR) is 55.8 cm³/mol. The quantitative estimate of drug-likeness (QED) is 0.709. The molecule has 0 amide bonds. The molecule has 1 aromatic heterocycles. The van der Waals surface area contributed by atoms with Gasteiger partial charge in [-0.2, -0.15) is 0 Å². The van der Waals surface area contributed by atoms with Gasteiger partial charge in [-0.15, -0.1) is 0 Å². The lowest BCUT2D eigenvalue weighted by Gasteiger charge is -2.19. The standard InChI is InChI=1S/C11H16N2O2/c1-3-13-7-9(12-8-13)10(14)11(2)5-4-6-15-11/h7-8H,3-6H2,1-2H3. The molecule has 82 valence electrons. The average molecular weight is 208 g/mol. The summed E-state index contributed by atoms with van der Waals surface area (Å²) in [4.78, 5) is 16.2. The van der Waals surface area contributed by atoms with Gasteiger partial charge in [0.2, 0.25) is 5.78 Å². The van der Waals surface area contributed by atoms with E-state index in [-0.39, 0.29) is 5.78 Å². The Morgan fingerprint density at radius 2 is 2.53 bits per heavy atom. The summed E-state index contributed by atoms with van der Waals surface area (Å²) >= 11 is 0. The number of aryl methyl sites for hydroxylation is 1. The van der Waals surface area contributed by atoms with Crippen LogP contribution in [0.15, 0.2) is 12.5 Å². The molecule has 0 radical (unpaired) electrons. The van der Waals surface area contributed by atoms with Crippen LogP contribution in [-0.2, 0) is 11.3 Å². The highest BCUT2D eigenvalue weighted by molar-refractivity contribution is 6.00. The van der Waals surface area contributed by atoms with Gasteiger partial charge in [-0.25, -0.2) is 4.98 Å². The zero-order chi connectivity index (χ0) is 10.9. The van der Waals surface area contributed by atoms with Gasteiger partial charge >= 0.3 is 0 Å². The molecular formula is C11H16N2O2. The van der Waals surface area contributed by atoms with Crippen LogP contribution in [0.4, 0.5) is 0 Å². The molecule has 0 saturated carbocycles. The van der Waals surface area contributed by atoms with Gasteiger partial charge in [-0.05, 0) is 26.7 Å². The molecule has 1 unspecified atom stereocenters. The van der Waals surface area contributed by atoms with Crippen LogP contribution >= 0.6 is 0 Å². The minimum Gasteiger partial charge on any atom is -0.367 e. The zero-order valence-electron chi connectivity index (χ0n) is 9.19. The van der Waals surface area contributed by atoms with Gasteiger partial charge in [0.1, 0.15) is 11.3 Å². The number of rotatable bonds is 3. The van der Waals surface area contributed by atoms with Gasteiger partial charge in [-0.1, -0.05) is 0 Å². The summed E-state index contributed by atoms with van der Waals surface area (Å²) < 4.78 is 7.40. The summed E-state index contributed by atoms with van der Waals surface area (Å²) in [5.41, 5.74) is -0.131. The van der Waals surface area contributed by atoms with Crippen molar-refractivity contribution in [1.82, 2.24) is 9.55 Å². The summed E-state index contributed by atoms with van der Waals surface area (Å²) in [5.74, 6) is 0.00667. The molecule has 4 nitrogen and oxygen atoms in total. The van der Waals surface area contributed by atoms with Crippen LogP contribution in [-0.4, -0.2) is 27.5 Å². The second kappa shape index (κ2) is 3.77. The number of ether oxygens (including phenoxy) is 1. The van der Waals surface area contributed by atoms with Crippen molar-refractivity contribution in [2.75, 3.05) is 6.61 Å². The monoisotopic (exact) mass is 208 g/mol. The Hall–Kier alpha value is -1.16. The summed E-state index contributed by atoms with van der Waals surface area (Å²) in [6, 6.07) is 0. The van der Waals surface area contributed by atoms with E-state index in [1.807, 2.05) is 18.4 Å². The molecule has 0 aliphatic carbocycles. The van der Waals surface area contributed by atoms with E-state index in [0.29, 0.717) is 12.3 Å². The maximum Gasteiger partial charge on any atom is 0.214 e. The van der Waals surface area contributed by atoms with Crippen molar-refractivity contribution in [3.05, 3.63) is 18.2 Å². The molecule has 4 heteroatoms. The normalized spacial score (nSPS) is 25.7. The van der Waals surface area contributed by atoms with E-state index in [1.165, 1.54) is 0 Å². The lowest BCUT2D eigenvalue weighted by atomic mass is 9.95. The number of carbonyl (C=O) groups is 1. The van der Waals surface area contributed by atoms with E-state index < -0.39 is 5.60 Å². The molecule has 1 aliphatic heterocycles. The van der Waals surface area contributed by atoms with Crippen LogP contribution in [0.25, 0.3) is 0 Å². The predicted octanol–water partition coefficient (Wildman–Crippen LogP) is 1.65. The first-order valence-corrected chi connectivity index (χ1v) is 5.36. The summed E-state index contributed by atoms with van der Waals surface area (Å²) in [6.07, 6.45) is 5.22. The van der Waals surface area contributed by atoms with E-state index in [9.17, 15) is 4.79 Å². The van der Waals surface area contributed by atoms with Crippen LogP contribution in [0.3, 0.4) is 0 Å². The number of hydrogen-bond acceptors (Lipinski definition) is 3. The summed E-state index contributed by atoms with van der Waals surface area (Å²) in [7, 11) is 0. The number of carbonyl (C=O) groups excluding carboxylic acids is 1. The third-order valence-corrected chi connectivity index (χ3v) is 2.93. The smallest absolute Gasteiger partial charge is 0.214 e. The Morgan fingerprint density at radius 1 is 1.73 bits per heavy atom. The van der Waals surface area contributed by atoms with Gasteiger partial charge in [0.15, 0.2) is 0 Å². The van der Waals surface area contributed by atoms with Gasteiger partial charge in [-0.3, -0.25) is 4.79 Å². The van der Waals surface area contributed by atoms with E-state index in [4.69, 9.17) is 4.74 Å². The number of aromatic nitrogens is 2. The molecule has 0 bridgehead atoms. The molecule has 2 heterocycles. The average Bonchev–Trinajstić information content (AvgIpc) is 2.85. The largest absolute Gasteiger partial charge is 0.367 e. The number of hydrogen-bond donors (Lipinski definition) is 0. The highest BCUT2D eigenvalue weighted by Crippen LogP contribution is 2.28. The van der Waals surface area contributed by atoms with Gasteiger partial charge in [0.25, 0.3) is 0 Å². The molecule has 1 atom stereocenters. The molecule has 15 heavy (non-hydrogen) atoms. The highest BCUT2D eigenvalue weighted by atomic mass is 16.5. The van der Waals surface area contributed by atoms with Crippen molar-refractivity contribution in [3.63, 3.8) is 0 Å². The third-order valence-electron chi connectivity index (χ3n) is 2.93. The van der Waals surface area contributed by atoms with Crippen molar-refractivity contribution in [2.24, 2.45) is 0 Å². The maximum absolute atomic E-state index is 12.1. The Morgan fingerprint density at radius 3 is 3.07 bits per heavy atom. The van der Waals surface area contributed by atoms with Crippen molar-refractivity contribution in [3.8, 4) is 0 Å². The molecule has 0 N–H and O–H groups in total. The zero-order valence-corrected chi connectivity index (χ0v) is 9.19. The van der Waals surface area contributed by atoms with Crippen molar-refractivity contribution < 1.29 is 9.53 Å². The fourth-order valence-electron chi connectivity index (χ4n) is 1.88. The fraction of sp³-hybridized carbons (Fsp3) is 0.636. The Balaban J connectivity index is 2.19. The van der Waals surface area contributed by atoms with Gasteiger partial charge in [0, 0.05) is 19.3 Å².